The molecular weight excluding hydrogens is 171 g/mol. The summed E-state index contributed by atoms with van der Waals surface area (Å²) in [4.78, 5) is 0. The van der Waals surface area contributed by atoms with Gasteiger partial charge in [0.25, 0.3) is 0 Å². The monoisotopic (exact) mass is 184 g/mol. The van der Waals surface area contributed by atoms with Gasteiger partial charge in [-0.15, -0.1) is 0 Å². The Labute approximate surface area is 77.0 Å². The maximum Gasteiger partial charge on any atom is 0.129 e. The predicted octanol–water partition coefficient (Wildman–Crippen LogP) is 1.90. The fourth-order valence-electron chi connectivity index (χ4n) is 1.25. The minimum Gasteiger partial charge on any atom is -0.396 e. The van der Waals surface area contributed by atoms with Crippen molar-refractivity contribution in [2.45, 2.75) is 12.5 Å². The second-order valence-electron chi connectivity index (χ2n) is 2.76. The van der Waals surface area contributed by atoms with Crippen LogP contribution in [0.3, 0.4) is 0 Å². The molecule has 0 saturated heterocycles. The van der Waals surface area contributed by atoms with E-state index in [4.69, 9.17) is 9.84 Å². The number of aliphatic hydroxyl groups excluding tert-OH is 1. The van der Waals surface area contributed by atoms with E-state index in [1.165, 1.54) is 13.2 Å². The van der Waals surface area contributed by atoms with Gasteiger partial charge in [-0.3, -0.25) is 0 Å². The second kappa shape index (κ2) is 4.94. The second-order valence-corrected chi connectivity index (χ2v) is 2.76. The van der Waals surface area contributed by atoms with E-state index in [1.807, 2.05) is 0 Å². The maximum absolute atomic E-state index is 13.2. The van der Waals surface area contributed by atoms with Crippen LogP contribution in [0.2, 0.25) is 0 Å². The standard InChI is InChI=1S/C10H13FO2/c1-13-10(6-7-12)8-4-2-3-5-9(8)11/h2-5,10,12H,6-7H2,1H3. The third-order valence-corrected chi connectivity index (χ3v) is 1.93. The molecule has 1 N–H and O–H groups in total. The number of hydrogen-bond acceptors (Lipinski definition) is 2. The minimum absolute atomic E-state index is 0.00710. The lowest BCUT2D eigenvalue weighted by Crippen LogP contribution is -2.05. The van der Waals surface area contributed by atoms with Crippen molar-refractivity contribution in [1.29, 1.82) is 0 Å². The first-order chi connectivity index (χ1) is 6.29. The van der Waals surface area contributed by atoms with E-state index in [1.54, 1.807) is 18.2 Å². The third-order valence-electron chi connectivity index (χ3n) is 1.93. The molecular formula is C10H13FO2. The summed E-state index contributed by atoms with van der Waals surface area (Å²) >= 11 is 0. The molecule has 0 aliphatic heterocycles. The Kier molecular flexibility index (Phi) is 3.86. The molecule has 2 nitrogen and oxygen atoms in total. The number of benzene rings is 1. The molecule has 1 unspecified atom stereocenters. The molecule has 0 spiro atoms. The molecule has 1 aromatic rings. The summed E-state index contributed by atoms with van der Waals surface area (Å²) in [5, 5.41) is 8.72. The summed E-state index contributed by atoms with van der Waals surface area (Å²) < 4.78 is 18.2. The molecule has 0 saturated carbocycles. The Balaban J connectivity index is 2.84. The third kappa shape index (κ3) is 2.50. The van der Waals surface area contributed by atoms with Gasteiger partial charge >= 0.3 is 0 Å². The molecule has 1 aromatic carbocycles. The van der Waals surface area contributed by atoms with Gasteiger partial charge in [-0.25, -0.2) is 4.39 Å². The lowest BCUT2D eigenvalue weighted by atomic mass is 10.1. The van der Waals surface area contributed by atoms with Crippen LogP contribution < -0.4 is 0 Å². The summed E-state index contributed by atoms with van der Waals surface area (Å²) in [5.41, 5.74) is 0.499. The zero-order valence-electron chi connectivity index (χ0n) is 7.53. The minimum atomic E-state index is -0.355. The van der Waals surface area contributed by atoms with Crippen molar-refractivity contribution >= 4 is 0 Å². The van der Waals surface area contributed by atoms with Crippen LogP contribution in [-0.4, -0.2) is 18.8 Å². The Morgan fingerprint density at radius 3 is 2.69 bits per heavy atom. The van der Waals surface area contributed by atoms with Crippen molar-refractivity contribution in [2.75, 3.05) is 13.7 Å². The summed E-state index contributed by atoms with van der Waals surface area (Å²) in [6, 6.07) is 6.43. The van der Waals surface area contributed by atoms with E-state index in [2.05, 4.69) is 0 Å². The Morgan fingerprint density at radius 2 is 2.15 bits per heavy atom. The number of halogens is 1. The van der Waals surface area contributed by atoms with Crippen LogP contribution in [0, 0.1) is 5.82 Å². The Hall–Kier alpha value is -0.930. The van der Waals surface area contributed by atoms with E-state index in [-0.39, 0.29) is 18.5 Å². The molecule has 0 amide bonds. The lowest BCUT2D eigenvalue weighted by molar-refractivity contribution is 0.0748. The van der Waals surface area contributed by atoms with Crippen molar-refractivity contribution in [3.8, 4) is 0 Å². The number of aliphatic hydroxyl groups is 1. The number of methoxy groups -OCH3 is 1. The van der Waals surface area contributed by atoms with Gasteiger partial charge in [0.05, 0.1) is 6.10 Å². The fraction of sp³-hybridized carbons (Fsp3) is 0.400. The van der Waals surface area contributed by atoms with E-state index >= 15 is 0 Å². The SMILES string of the molecule is COC(CCO)c1ccccc1F. The average Bonchev–Trinajstić information content (AvgIpc) is 2.16. The lowest BCUT2D eigenvalue weighted by Gasteiger charge is -2.14. The van der Waals surface area contributed by atoms with Gasteiger partial charge in [0, 0.05) is 25.7 Å². The highest BCUT2D eigenvalue weighted by atomic mass is 19.1. The first-order valence-corrected chi connectivity index (χ1v) is 4.17. The molecule has 0 fully saturated rings. The largest absolute Gasteiger partial charge is 0.396 e. The molecule has 13 heavy (non-hydrogen) atoms. The smallest absolute Gasteiger partial charge is 0.129 e. The Bertz CT molecular complexity index is 263. The highest BCUT2D eigenvalue weighted by Gasteiger charge is 2.13. The molecule has 0 aliphatic rings. The van der Waals surface area contributed by atoms with Crippen LogP contribution in [0.4, 0.5) is 4.39 Å². The van der Waals surface area contributed by atoms with Crippen LogP contribution in [0.15, 0.2) is 24.3 Å². The molecule has 3 heteroatoms. The average molecular weight is 184 g/mol. The molecule has 1 atom stereocenters. The van der Waals surface area contributed by atoms with Gasteiger partial charge in [-0.1, -0.05) is 18.2 Å². The van der Waals surface area contributed by atoms with E-state index in [0.717, 1.165) is 0 Å². The van der Waals surface area contributed by atoms with E-state index in [0.29, 0.717) is 12.0 Å². The molecule has 0 radical (unpaired) electrons. The van der Waals surface area contributed by atoms with Gasteiger partial charge in [0.2, 0.25) is 0 Å². The first kappa shape index (κ1) is 10.2. The number of hydrogen-bond donors (Lipinski definition) is 1. The van der Waals surface area contributed by atoms with Gasteiger partial charge < -0.3 is 9.84 Å². The van der Waals surface area contributed by atoms with Gasteiger partial charge in [-0.05, 0) is 6.07 Å². The van der Waals surface area contributed by atoms with Crippen molar-refractivity contribution in [3.05, 3.63) is 35.6 Å². The van der Waals surface area contributed by atoms with Crippen molar-refractivity contribution < 1.29 is 14.2 Å². The summed E-state index contributed by atoms with van der Waals surface area (Å²) in [5.74, 6) is -0.289. The highest BCUT2D eigenvalue weighted by Crippen LogP contribution is 2.22. The Morgan fingerprint density at radius 1 is 1.46 bits per heavy atom. The van der Waals surface area contributed by atoms with Gasteiger partial charge in [0.1, 0.15) is 5.82 Å². The van der Waals surface area contributed by atoms with Crippen LogP contribution in [0.5, 0.6) is 0 Å². The summed E-state index contributed by atoms with van der Waals surface area (Å²) in [6.45, 7) is -0.00710. The molecule has 0 aromatic heterocycles. The first-order valence-electron chi connectivity index (χ1n) is 4.17. The zero-order valence-corrected chi connectivity index (χ0v) is 7.53. The van der Waals surface area contributed by atoms with Crippen LogP contribution in [0.25, 0.3) is 0 Å². The highest BCUT2D eigenvalue weighted by molar-refractivity contribution is 5.19. The topological polar surface area (TPSA) is 29.5 Å². The zero-order chi connectivity index (χ0) is 9.68. The van der Waals surface area contributed by atoms with Gasteiger partial charge in [0.15, 0.2) is 0 Å². The number of ether oxygens (including phenoxy) is 1. The van der Waals surface area contributed by atoms with E-state index < -0.39 is 0 Å². The molecule has 0 aliphatic carbocycles. The predicted molar refractivity (Wildman–Crippen MR) is 47.9 cm³/mol. The van der Waals surface area contributed by atoms with Crippen molar-refractivity contribution in [3.63, 3.8) is 0 Å². The summed E-state index contributed by atoms with van der Waals surface area (Å²) in [6.07, 6.45) is 0.0587. The molecule has 0 heterocycles. The summed E-state index contributed by atoms with van der Waals surface area (Å²) in [7, 11) is 1.51. The molecule has 1 rings (SSSR count). The van der Waals surface area contributed by atoms with Crippen LogP contribution in [0.1, 0.15) is 18.1 Å². The molecule has 72 valence electrons. The normalized spacial score (nSPS) is 12.8. The quantitative estimate of drug-likeness (QED) is 0.774. The van der Waals surface area contributed by atoms with Crippen molar-refractivity contribution in [2.24, 2.45) is 0 Å². The molecule has 0 bridgehead atoms. The van der Waals surface area contributed by atoms with E-state index in [9.17, 15) is 4.39 Å². The number of rotatable bonds is 4. The maximum atomic E-state index is 13.2. The van der Waals surface area contributed by atoms with Gasteiger partial charge in [-0.2, -0.15) is 0 Å². The van der Waals surface area contributed by atoms with Crippen LogP contribution in [-0.2, 0) is 4.74 Å². The van der Waals surface area contributed by atoms with Crippen LogP contribution >= 0.6 is 0 Å². The van der Waals surface area contributed by atoms with Crippen molar-refractivity contribution in [1.82, 2.24) is 0 Å². The fourth-order valence-corrected chi connectivity index (χ4v) is 1.25.